The minimum Gasteiger partial charge on any atom is -0.351 e. The molecule has 0 spiro atoms. The molecule has 2 aromatic rings. The first kappa shape index (κ1) is 16.4. The van der Waals surface area contributed by atoms with Crippen molar-refractivity contribution in [2.45, 2.75) is 38.0 Å². The molecule has 0 unspecified atom stereocenters. The van der Waals surface area contributed by atoms with Crippen LogP contribution in [0.4, 0.5) is 4.39 Å². The lowest BCUT2D eigenvalue weighted by Gasteiger charge is -2.19. The number of nitrogens with zero attached hydrogens (tertiary/aromatic N) is 4. The first-order chi connectivity index (χ1) is 10.4. The smallest absolute Gasteiger partial charge is 0.230 e. The van der Waals surface area contributed by atoms with E-state index in [1.807, 2.05) is 20.8 Å². The summed E-state index contributed by atoms with van der Waals surface area (Å²) in [5, 5.41) is 14.9. The van der Waals surface area contributed by atoms with Crippen molar-refractivity contribution in [1.82, 2.24) is 25.5 Å². The molecule has 8 heteroatoms. The second kappa shape index (κ2) is 6.87. The highest BCUT2D eigenvalue weighted by Gasteiger charge is 2.20. The summed E-state index contributed by atoms with van der Waals surface area (Å²) < 4.78 is 14.5. The maximum Gasteiger partial charge on any atom is 0.230 e. The molecule has 0 fully saturated rings. The van der Waals surface area contributed by atoms with Crippen molar-refractivity contribution in [3.63, 3.8) is 0 Å². The van der Waals surface area contributed by atoms with E-state index in [1.54, 1.807) is 16.8 Å². The lowest BCUT2D eigenvalue weighted by Crippen LogP contribution is -2.26. The van der Waals surface area contributed by atoms with E-state index < -0.39 is 0 Å². The predicted octanol–water partition coefficient (Wildman–Crippen LogP) is 1.98. The summed E-state index contributed by atoms with van der Waals surface area (Å²) in [4.78, 5) is 11.9. The molecular weight excluding hydrogens is 305 g/mol. The number of nitrogens with one attached hydrogen (secondary N) is 1. The Morgan fingerprint density at radius 3 is 2.64 bits per heavy atom. The number of hydrogen-bond donors (Lipinski definition) is 1. The van der Waals surface area contributed by atoms with Crippen LogP contribution < -0.4 is 5.32 Å². The molecule has 22 heavy (non-hydrogen) atoms. The summed E-state index contributed by atoms with van der Waals surface area (Å²) in [7, 11) is 0. The Labute approximate surface area is 132 Å². The van der Waals surface area contributed by atoms with Gasteiger partial charge in [0.25, 0.3) is 0 Å². The van der Waals surface area contributed by atoms with Gasteiger partial charge in [-0.3, -0.25) is 4.79 Å². The van der Waals surface area contributed by atoms with Crippen molar-refractivity contribution >= 4 is 17.7 Å². The average molecular weight is 323 g/mol. The summed E-state index contributed by atoms with van der Waals surface area (Å²) in [5.41, 5.74) is 0.607. The molecule has 118 valence electrons. The highest BCUT2D eigenvalue weighted by molar-refractivity contribution is 7.99. The average Bonchev–Trinajstić information content (AvgIpc) is 2.93. The van der Waals surface area contributed by atoms with Crippen LogP contribution in [0.2, 0.25) is 0 Å². The summed E-state index contributed by atoms with van der Waals surface area (Å²) in [5.74, 6) is -0.199. The van der Waals surface area contributed by atoms with Gasteiger partial charge in [-0.2, -0.15) is 0 Å². The summed E-state index contributed by atoms with van der Waals surface area (Å²) in [6.45, 7) is 6.33. The highest BCUT2D eigenvalue weighted by atomic mass is 32.2. The fraction of sp³-hybridized carbons (Fsp3) is 0.429. The number of carbonyl (C=O) groups excluding carboxylic acids is 1. The van der Waals surface area contributed by atoms with Crippen LogP contribution in [0.1, 0.15) is 26.3 Å². The Balaban J connectivity index is 1.83. The van der Waals surface area contributed by atoms with E-state index in [1.165, 1.54) is 23.9 Å². The van der Waals surface area contributed by atoms with Gasteiger partial charge in [0.2, 0.25) is 11.1 Å². The molecule has 0 atom stereocenters. The third-order valence-electron chi connectivity index (χ3n) is 2.81. The number of carbonyl (C=O) groups is 1. The highest BCUT2D eigenvalue weighted by Crippen LogP contribution is 2.20. The number of thioether (sulfide) groups is 1. The van der Waals surface area contributed by atoms with Crippen LogP contribution in [-0.4, -0.2) is 31.9 Å². The van der Waals surface area contributed by atoms with Crippen molar-refractivity contribution in [1.29, 1.82) is 0 Å². The molecule has 6 nitrogen and oxygen atoms in total. The van der Waals surface area contributed by atoms with E-state index in [2.05, 4.69) is 20.8 Å². The Hall–Kier alpha value is -1.96. The number of tetrazole rings is 1. The molecule has 1 heterocycles. The summed E-state index contributed by atoms with van der Waals surface area (Å²) in [6, 6.07) is 6.02. The van der Waals surface area contributed by atoms with E-state index in [4.69, 9.17) is 0 Å². The van der Waals surface area contributed by atoms with Gasteiger partial charge < -0.3 is 5.32 Å². The van der Waals surface area contributed by atoms with Gasteiger partial charge in [0.15, 0.2) is 0 Å². The first-order valence-electron chi connectivity index (χ1n) is 6.79. The molecule has 0 aliphatic rings. The normalized spacial score (nSPS) is 11.5. The van der Waals surface area contributed by atoms with Gasteiger partial charge in [0.05, 0.1) is 11.3 Å². The largest absolute Gasteiger partial charge is 0.351 e. The minimum atomic E-state index is -0.292. The predicted molar refractivity (Wildman–Crippen MR) is 81.8 cm³/mol. The molecule has 1 aromatic carbocycles. The fourth-order valence-electron chi connectivity index (χ4n) is 1.67. The zero-order valence-electron chi connectivity index (χ0n) is 12.7. The number of aromatic nitrogens is 4. The van der Waals surface area contributed by atoms with Gasteiger partial charge in [-0.1, -0.05) is 23.9 Å². The quantitative estimate of drug-likeness (QED) is 0.852. The molecule has 2 rings (SSSR count). The molecule has 0 saturated heterocycles. The Kier molecular flexibility index (Phi) is 5.12. The zero-order chi connectivity index (χ0) is 16.2. The van der Waals surface area contributed by atoms with Crippen molar-refractivity contribution < 1.29 is 9.18 Å². The Morgan fingerprint density at radius 2 is 2.00 bits per heavy atom. The maximum atomic E-state index is 12.8. The fourth-order valence-corrected chi connectivity index (χ4v) is 2.56. The lowest BCUT2D eigenvalue weighted by molar-refractivity contribution is -0.118. The third-order valence-corrected chi connectivity index (χ3v) is 3.73. The minimum absolute atomic E-state index is 0.127. The van der Waals surface area contributed by atoms with Gasteiger partial charge >= 0.3 is 0 Å². The van der Waals surface area contributed by atoms with E-state index in [9.17, 15) is 9.18 Å². The van der Waals surface area contributed by atoms with Crippen LogP contribution in [0.25, 0.3) is 0 Å². The maximum absolute atomic E-state index is 12.8. The third kappa shape index (κ3) is 4.52. The second-order valence-corrected chi connectivity index (χ2v) is 6.68. The van der Waals surface area contributed by atoms with Gasteiger partial charge in [0.1, 0.15) is 5.82 Å². The van der Waals surface area contributed by atoms with E-state index in [0.29, 0.717) is 11.7 Å². The molecule has 0 aliphatic heterocycles. The number of amides is 1. The summed E-state index contributed by atoms with van der Waals surface area (Å²) in [6.07, 6.45) is 0. The summed E-state index contributed by atoms with van der Waals surface area (Å²) >= 11 is 1.28. The lowest BCUT2D eigenvalue weighted by atomic mass is 10.1. The SMILES string of the molecule is CC(C)(C)n1nnnc1SCC(=O)NCc1ccc(F)cc1. The van der Waals surface area contributed by atoms with Crippen LogP contribution >= 0.6 is 11.8 Å². The molecule has 0 bridgehead atoms. The number of hydrogen-bond acceptors (Lipinski definition) is 5. The molecule has 1 aromatic heterocycles. The monoisotopic (exact) mass is 323 g/mol. The van der Waals surface area contributed by atoms with Crippen LogP contribution in [0.5, 0.6) is 0 Å². The van der Waals surface area contributed by atoms with Crippen molar-refractivity contribution in [3.05, 3.63) is 35.6 Å². The molecule has 1 N–H and O–H groups in total. The van der Waals surface area contributed by atoms with E-state index >= 15 is 0 Å². The van der Waals surface area contributed by atoms with Gasteiger partial charge in [-0.15, -0.1) is 5.10 Å². The van der Waals surface area contributed by atoms with Gasteiger partial charge in [-0.05, 0) is 48.9 Å². The van der Waals surface area contributed by atoms with Gasteiger partial charge in [0, 0.05) is 6.54 Å². The second-order valence-electron chi connectivity index (χ2n) is 5.74. The molecule has 0 aliphatic carbocycles. The molecule has 0 radical (unpaired) electrons. The van der Waals surface area contributed by atoms with E-state index in [-0.39, 0.29) is 23.0 Å². The zero-order valence-corrected chi connectivity index (χ0v) is 13.5. The standard InChI is InChI=1S/C14H18FN5OS/c1-14(2,3)20-13(17-18-19-20)22-9-12(21)16-8-10-4-6-11(15)7-5-10/h4-7H,8-9H2,1-3H3,(H,16,21). The molecule has 1 amide bonds. The van der Waals surface area contributed by atoms with Crippen molar-refractivity contribution in [2.75, 3.05) is 5.75 Å². The Morgan fingerprint density at radius 1 is 1.32 bits per heavy atom. The van der Waals surface area contributed by atoms with Crippen LogP contribution in [-0.2, 0) is 16.9 Å². The van der Waals surface area contributed by atoms with Crippen LogP contribution in [0, 0.1) is 5.82 Å². The van der Waals surface area contributed by atoms with Gasteiger partial charge in [-0.25, -0.2) is 9.07 Å². The molecular formula is C14H18FN5OS. The molecule has 0 saturated carbocycles. The Bertz CT molecular complexity index is 635. The number of benzene rings is 1. The van der Waals surface area contributed by atoms with Crippen molar-refractivity contribution in [3.8, 4) is 0 Å². The number of rotatable bonds is 5. The van der Waals surface area contributed by atoms with Crippen LogP contribution in [0.3, 0.4) is 0 Å². The van der Waals surface area contributed by atoms with E-state index in [0.717, 1.165) is 5.56 Å². The van der Waals surface area contributed by atoms with Crippen molar-refractivity contribution in [2.24, 2.45) is 0 Å². The van der Waals surface area contributed by atoms with Crippen LogP contribution in [0.15, 0.2) is 29.4 Å². The first-order valence-corrected chi connectivity index (χ1v) is 7.77. The number of halogens is 1. The topological polar surface area (TPSA) is 72.7 Å².